The fraction of sp³-hybridized carbons (Fsp3) is 0.242. The smallest absolute Gasteiger partial charge is 0.207 e. The molecule has 1 heterocycles. The first-order chi connectivity index (χ1) is 17.1. The number of nitrogens with zero attached hydrogens (tertiary/aromatic N) is 1. The number of pyridine rings is 1. The van der Waals surface area contributed by atoms with Gasteiger partial charge in [-0.3, -0.25) is 0 Å². The largest absolute Gasteiger partial charge is 0.219 e. The molecule has 5 aromatic rings. The molecule has 0 radical (unpaired) electrons. The lowest BCUT2D eigenvalue weighted by Crippen LogP contribution is -2.33. The molecule has 0 fully saturated rings. The lowest BCUT2D eigenvalue weighted by molar-refractivity contribution is -0.538. The summed E-state index contributed by atoms with van der Waals surface area (Å²) in [6, 6.07) is 23.9. The molecule has 0 bridgehead atoms. The Balaban J connectivity index is 1.74. The van der Waals surface area contributed by atoms with Gasteiger partial charge in [0, 0.05) is 29.8 Å². The van der Waals surface area contributed by atoms with E-state index in [1.165, 1.54) is 73.7 Å². The van der Waals surface area contributed by atoms with Crippen molar-refractivity contribution in [1.82, 2.24) is 0 Å². The van der Waals surface area contributed by atoms with Gasteiger partial charge in [-0.25, -0.2) is 4.39 Å². The van der Waals surface area contributed by atoms with Crippen LogP contribution in [0.25, 0.3) is 38.6 Å². The van der Waals surface area contributed by atoms with Gasteiger partial charge >= 0.3 is 0 Å². The van der Waals surface area contributed by atoms with E-state index in [-0.39, 0.29) is 5.82 Å². The quantitative estimate of drug-likeness (QED) is 0.189. The second-order valence-electron chi connectivity index (χ2n) is 10.4. The second-order valence-corrected chi connectivity index (χ2v) is 10.4. The first kappa shape index (κ1) is 20.8. The van der Waals surface area contributed by atoms with Crippen LogP contribution in [0.2, 0.25) is 0 Å². The Morgan fingerprint density at radius 1 is 0.600 bits per heavy atom. The van der Waals surface area contributed by atoms with Crippen molar-refractivity contribution in [3.05, 3.63) is 106 Å². The molecule has 4 aromatic carbocycles. The molecule has 1 nitrogen and oxygen atoms in total. The molecule has 2 heteroatoms. The van der Waals surface area contributed by atoms with Gasteiger partial charge in [-0.2, -0.15) is 4.57 Å². The zero-order valence-corrected chi connectivity index (χ0v) is 20.4. The zero-order valence-electron chi connectivity index (χ0n) is 20.4. The molecule has 1 aromatic heterocycles. The van der Waals surface area contributed by atoms with E-state index in [0.717, 1.165) is 36.8 Å². The van der Waals surface area contributed by atoms with Crippen LogP contribution in [-0.2, 0) is 25.7 Å². The van der Waals surface area contributed by atoms with Gasteiger partial charge in [-0.1, -0.05) is 18.2 Å². The fourth-order valence-electron chi connectivity index (χ4n) is 6.70. The lowest BCUT2D eigenvalue weighted by atomic mass is 9.87. The molecule has 0 aliphatic heterocycles. The van der Waals surface area contributed by atoms with Gasteiger partial charge in [0.15, 0.2) is 0 Å². The van der Waals surface area contributed by atoms with Gasteiger partial charge in [-0.05, 0) is 116 Å². The van der Waals surface area contributed by atoms with E-state index < -0.39 is 0 Å². The van der Waals surface area contributed by atoms with Gasteiger partial charge < -0.3 is 0 Å². The first-order valence-corrected chi connectivity index (χ1v) is 12.9. The summed E-state index contributed by atoms with van der Waals surface area (Å²) in [5.41, 5.74) is 14.0. The summed E-state index contributed by atoms with van der Waals surface area (Å²) in [5.74, 6) is -0.158. The Morgan fingerprint density at radius 3 is 1.60 bits per heavy atom. The Morgan fingerprint density at radius 2 is 1.09 bits per heavy atom. The average molecular weight is 459 g/mol. The van der Waals surface area contributed by atoms with Crippen molar-refractivity contribution in [2.24, 2.45) is 0 Å². The van der Waals surface area contributed by atoms with Crippen molar-refractivity contribution < 1.29 is 8.96 Å². The Hall–Kier alpha value is -3.52. The highest BCUT2D eigenvalue weighted by molar-refractivity contribution is 6.09. The monoisotopic (exact) mass is 458 g/mol. The molecule has 35 heavy (non-hydrogen) atoms. The molecule has 0 saturated carbocycles. The molecule has 7 rings (SSSR count). The number of para-hydroxylation sites is 1. The van der Waals surface area contributed by atoms with Crippen LogP contribution in [-0.4, -0.2) is 0 Å². The molecule has 2 aliphatic rings. The van der Waals surface area contributed by atoms with E-state index in [2.05, 4.69) is 73.0 Å². The van der Waals surface area contributed by atoms with Crippen molar-refractivity contribution in [3.8, 4) is 16.8 Å². The van der Waals surface area contributed by atoms with Crippen LogP contribution in [0.4, 0.5) is 4.39 Å². The standard InChI is InChI=1S/C33H29FN/c1-20-14-26(34)15-21(2)32(20)33-28-16-22-8-6-10-24(22)18-30(28)35(27-12-4-3-5-13-27)31-19-25-11-7-9-23(25)17-29(31)33/h3-5,12-19H,6-11H2,1-2H3/q+1. The normalized spacial score (nSPS) is 14.6. The van der Waals surface area contributed by atoms with Gasteiger partial charge in [0.05, 0.1) is 10.8 Å². The molecule has 0 atom stereocenters. The predicted octanol–water partition coefficient (Wildman–Crippen LogP) is 7.67. The van der Waals surface area contributed by atoms with Crippen molar-refractivity contribution in [3.63, 3.8) is 0 Å². The summed E-state index contributed by atoms with van der Waals surface area (Å²) >= 11 is 0. The fourth-order valence-corrected chi connectivity index (χ4v) is 6.70. The summed E-state index contributed by atoms with van der Waals surface area (Å²) in [7, 11) is 0. The summed E-state index contributed by atoms with van der Waals surface area (Å²) < 4.78 is 16.9. The number of hydrogen-bond donors (Lipinski definition) is 0. The minimum Gasteiger partial charge on any atom is -0.207 e. The number of hydrogen-bond acceptors (Lipinski definition) is 0. The second kappa shape index (κ2) is 7.75. The SMILES string of the molecule is Cc1cc(F)cc(C)c1-c1c2cc3c(cc2[n+](-c2ccccc2)c2cc4c(cc12)CCC4)CCC3. The third-order valence-corrected chi connectivity index (χ3v) is 8.20. The predicted molar refractivity (Wildman–Crippen MR) is 142 cm³/mol. The Labute approximate surface area is 205 Å². The van der Waals surface area contributed by atoms with E-state index >= 15 is 0 Å². The molecular weight excluding hydrogens is 429 g/mol. The van der Waals surface area contributed by atoms with Crippen LogP contribution in [0, 0.1) is 19.7 Å². The summed E-state index contributed by atoms with van der Waals surface area (Å²) in [6.45, 7) is 4.12. The summed E-state index contributed by atoms with van der Waals surface area (Å²) in [4.78, 5) is 0. The molecule has 0 spiro atoms. The maximum absolute atomic E-state index is 14.4. The van der Waals surface area contributed by atoms with Gasteiger partial charge in [0.1, 0.15) is 5.82 Å². The van der Waals surface area contributed by atoms with Crippen LogP contribution >= 0.6 is 0 Å². The first-order valence-electron chi connectivity index (χ1n) is 12.9. The van der Waals surface area contributed by atoms with Crippen LogP contribution in [0.15, 0.2) is 66.7 Å². The molecule has 0 unspecified atom stereocenters. The maximum Gasteiger partial charge on any atom is 0.219 e. The minimum absolute atomic E-state index is 0.158. The van der Waals surface area contributed by atoms with E-state index in [1.54, 1.807) is 12.1 Å². The van der Waals surface area contributed by atoms with Crippen molar-refractivity contribution >= 4 is 21.8 Å². The van der Waals surface area contributed by atoms with E-state index in [0.29, 0.717) is 0 Å². The minimum atomic E-state index is -0.158. The highest BCUT2D eigenvalue weighted by atomic mass is 19.1. The van der Waals surface area contributed by atoms with Crippen molar-refractivity contribution in [2.75, 3.05) is 0 Å². The third-order valence-electron chi connectivity index (χ3n) is 8.20. The number of halogens is 1. The number of fused-ring (bicyclic) bond motifs is 4. The molecular formula is C33H29FN+. The molecule has 0 amide bonds. The molecule has 0 N–H and O–H groups in total. The number of benzene rings is 4. The van der Waals surface area contributed by atoms with E-state index in [4.69, 9.17) is 0 Å². The summed E-state index contributed by atoms with van der Waals surface area (Å²) in [5, 5.41) is 2.55. The van der Waals surface area contributed by atoms with E-state index in [9.17, 15) is 4.39 Å². The molecule has 2 aliphatic carbocycles. The van der Waals surface area contributed by atoms with Gasteiger partial charge in [-0.15, -0.1) is 0 Å². The van der Waals surface area contributed by atoms with E-state index in [1.807, 2.05) is 0 Å². The van der Waals surface area contributed by atoms with Gasteiger partial charge in [0.2, 0.25) is 16.7 Å². The van der Waals surface area contributed by atoms with Crippen molar-refractivity contribution in [2.45, 2.75) is 52.4 Å². The lowest BCUT2D eigenvalue weighted by Gasteiger charge is -2.18. The number of aryl methyl sites for hydroxylation is 6. The maximum atomic E-state index is 14.4. The number of aromatic nitrogens is 1. The Bertz CT molecular complexity index is 1560. The summed E-state index contributed by atoms with van der Waals surface area (Å²) in [6.07, 6.45) is 7.00. The zero-order chi connectivity index (χ0) is 23.7. The van der Waals surface area contributed by atoms with Crippen LogP contribution in [0.1, 0.15) is 46.2 Å². The molecule has 0 saturated heterocycles. The third kappa shape index (κ3) is 3.16. The highest BCUT2D eigenvalue weighted by Crippen LogP contribution is 2.42. The highest BCUT2D eigenvalue weighted by Gasteiger charge is 2.29. The van der Waals surface area contributed by atoms with Crippen LogP contribution in [0.3, 0.4) is 0 Å². The van der Waals surface area contributed by atoms with Crippen molar-refractivity contribution in [1.29, 1.82) is 0 Å². The van der Waals surface area contributed by atoms with Gasteiger partial charge in [0.25, 0.3) is 0 Å². The molecule has 172 valence electrons. The number of rotatable bonds is 2. The average Bonchev–Trinajstić information content (AvgIpc) is 3.50. The topological polar surface area (TPSA) is 3.88 Å². The van der Waals surface area contributed by atoms with Crippen LogP contribution in [0.5, 0.6) is 0 Å². The Kier molecular flexibility index (Phi) is 4.61. The van der Waals surface area contributed by atoms with Crippen LogP contribution < -0.4 is 4.57 Å².